The van der Waals surface area contributed by atoms with Gasteiger partial charge in [0, 0.05) is 47.7 Å². The van der Waals surface area contributed by atoms with E-state index in [4.69, 9.17) is 14.6 Å². The number of nitrogens with zero attached hydrogens (tertiary/aromatic N) is 3. The molecule has 236 valence electrons. The van der Waals surface area contributed by atoms with E-state index in [1.54, 1.807) is 36.4 Å². The monoisotopic (exact) mass is 628 g/mol. The number of piperidine rings is 1. The summed E-state index contributed by atoms with van der Waals surface area (Å²) in [5.74, 6) is 1.04. The highest BCUT2D eigenvalue weighted by Crippen LogP contribution is 2.27. The number of ether oxygens (including phenoxy) is 2. The molecule has 1 aliphatic rings. The maximum Gasteiger partial charge on any atom is 0.253 e. The Balaban J connectivity index is 1.17. The summed E-state index contributed by atoms with van der Waals surface area (Å²) in [6, 6.07) is 16.6. The van der Waals surface area contributed by atoms with Crippen molar-refractivity contribution in [1.82, 2.24) is 20.0 Å². The molecule has 8 nitrogen and oxygen atoms in total. The van der Waals surface area contributed by atoms with Crippen LogP contribution in [0.5, 0.6) is 11.5 Å². The third-order valence-corrected chi connectivity index (χ3v) is 9.24. The predicted octanol–water partition coefficient (Wildman–Crippen LogP) is -2.07. The van der Waals surface area contributed by atoms with Gasteiger partial charge in [0.25, 0.3) is 11.8 Å². The van der Waals surface area contributed by atoms with Crippen molar-refractivity contribution in [1.29, 1.82) is 0 Å². The van der Waals surface area contributed by atoms with Crippen LogP contribution in [0.3, 0.4) is 0 Å². The molecule has 47 heavy (non-hydrogen) atoms. The molecule has 0 unspecified atom stereocenters. The van der Waals surface area contributed by atoms with Crippen LogP contribution in [0.4, 0.5) is 4.39 Å². The van der Waals surface area contributed by atoms with E-state index in [0.717, 1.165) is 35.9 Å². The Morgan fingerprint density at radius 3 is 2.11 bits per heavy atom. The Morgan fingerprint density at radius 2 is 1.51 bits per heavy atom. The van der Waals surface area contributed by atoms with Crippen LogP contribution in [0.15, 0.2) is 66.9 Å². The normalized spacial score (nSPS) is 14.6. The maximum absolute atomic E-state index is 13.5. The van der Waals surface area contributed by atoms with Crippen LogP contribution in [-0.4, -0.2) is 111 Å². The van der Waals surface area contributed by atoms with Crippen molar-refractivity contribution >= 4 is 77.6 Å². The van der Waals surface area contributed by atoms with Crippen molar-refractivity contribution in [3.05, 3.63) is 89.4 Å². The largest absolute Gasteiger partial charge is 0.457 e. The molecule has 2 heterocycles. The molecule has 0 radical (unpaired) electrons. The van der Waals surface area contributed by atoms with Gasteiger partial charge in [0.2, 0.25) is 0 Å². The Kier molecular flexibility index (Phi) is 9.83. The van der Waals surface area contributed by atoms with Crippen LogP contribution >= 0.6 is 0 Å². The van der Waals surface area contributed by atoms with Crippen molar-refractivity contribution in [3.63, 3.8) is 0 Å². The Bertz CT molecular complexity index is 1750. The first-order valence-corrected chi connectivity index (χ1v) is 16.3. The van der Waals surface area contributed by atoms with E-state index in [-0.39, 0.29) is 22.9 Å². The predicted molar refractivity (Wildman–Crippen MR) is 203 cm³/mol. The van der Waals surface area contributed by atoms with Crippen LogP contribution < -0.4 is 10.1 Å². The van der Waals surface area contributed by atoms with Crippen molar-refractivity contribution in [2.75, 3.05) is 13.1 Å². The highest BCUT2D eigenvalue weighted by molar-refractivity contribution is 6.60. The Hall–Kier alpha value is -3.79. The lowest BCUT2D eigenvalue weighted by Gasteiger charge is -2.47. The van der Waals surface area contributed by atoms with Crippen molar-refractivity contribution in [2.45, 2.75) is 42.3 Å². The lowest BCUT2D eigenvalue weighted by Crippen LogP contribution is -2.70. The smallest absolute Gasteiger partial charge is 0.253 e. The van der Waals surface area contributed by atoms with Crippen LogP contribution in [0.1, 0.15) is 39.1 Å². The van der Waals surface area contributed by atoms with Gasteiger partial charge in [-0.2, -0.15) is 5.10 Å². The molecule has 0 atom stereocenters. The number of hydrogen-bond acceptors (Lipinski definition) is 5. The molecule has 1 fully saturated rings. The summed E-state index contributed by atoms with van der Waals surface area (Å²) in [6.07, 6.45) is 3.79. The summed E-state index contributed by atoms with van der Waals surface area (Å²) in [5, 5.41) is 7.42. The van der Waals surface area contributed by atoms with Gasteiger partial charge < -0.3 is 19.7 Å². The topological polar surface area (TPSA) is 85.7 Å². The van der Waals surface area contributed by atoms with E-state index in [1.807, 2.05) is 89.8 Å². The summed E-state index contributed by atoms with van der Waals surface area (Å²) in [6.45, 7) is 4.07. The van der Waals surface area contributed by atoms with Gasteiger partial charge in [-0.1, -0.05) is 0 Å². The van der Waals surface area contributed by atoms with Crippen LogP contribution in [-0.2, 0) is 11.3 Å². The zero-order valence-electron chi connectivity index (χ0n) is 28.8. The molecule has 0 bridgehead atoms. The van der Waals surface area contributed by atoms with E-state index in [1.165, 1.54) is 12.1 Å². The first-order chi connectivity index (χ1) is 22.0. The SMILES string of the molecule is BC(B)(B)OC(B)(B)C(B)(B)NC(=O)c1ccc2nn(CC3CCN(C(=O)c4ccc(Oc5ccc(F)cc5)cc4)CC3)cc2c1C. The highest BCUT2D eigenvalue weighted by Gasteiger charge is 2.41. The van der Waals surface area contributed by atoms with Gasteiger partial charge in [-0.3, -0.25) is 14.3 Å². The molecular weight excluding hydrogens is 587 g/mol. The first kappa shape index (κ1) is 34.5. The molecule has 1 saturated heterocycles. The summed E-state index contributed by atoms with van der Waals surface area (Å²) in [7, 11) is 14.0. The number of amides is 2. The fraction of sp³-hybridized carbons (Fsp3) is 0.323. The minimum atomic E-state index is -0.623. The molecule has 4 aromatic rings. The molecule has 3 aromatic carbocycles. The average Bonchev–Trinajstić information content (AvgIpc) is 3.41. The lowest BCUT2D eigenvalue weighted by molar-refractivity contribution is 0.0480. The quantitative estimate of drug-likeness (QED) is 0.205. The number of carbonyl (C=O) groups excluding carboxylic acids is 2. The van der Waals surface area contributed by atoms with Gasteiger partial charge in [0.1, 0.15) is 72.2 Å². The number of benzene rings is 3. The summed E-state index contributed by atoms with van der Waals surface area (Å²) >= 11 is 0. The van der Waals surface area contributed by atoms with E-state index in [0.29, 0.717) is 41.6 Å². The minimum Gasteiger partial charge on any atom is -0.457 e. The van der Waals surface area contributed by atoms with Crippen LogP contribution in [0.2, 0.25) is 0 Å². The third kappa shape index (κ3) is 8.21. The molecule has 1 aromatic heterocycles. The van der Waals surface area contributed by atoms with Crippen molar-refractivity contribution < 1.29 is 23.5 Å². The second kappa shape index (κ2) is 13.4. The molecular formula is C31H40B7FN4O4. The number of likely N-dealkylation sites (tertiary alicyclic amines) is 1. The Morgan fingerprint density at radius 1 is 0.915 bits per heavy atom. The van der Waals surface area contributed by atoms with Crippen LogP contribution in [0.25, 0.3) is 10.9 Å². The second-order valence-electron chi connectivity index (χ2n) is 14.6. The summed E-state index contributed by atoms with van der Waals surface area (Å²) < 4.78 is 27.2. The maximum atomic E-state index is 13.5. The van der Waals surface area contributed by atoms with Gasteiger partial charge in [-0.25, -0.2) is 4.39 Å². The number of rotatable bonds is 10. The number of aromatic nitrogens is 2. The fourth-order valence-corrected chi connectivity index (χ4v) is 6.08. The molecule has 5 rings (SSSR count). The number of hydrogen-bond donors (Lipinski definition) is 1. The zero-order chi connectivity index (χ0) is 34.1. The fourth-order valence-electron chi connectivity index (χ4n) is 6.08. The molecule has 16 heteroatoms. The Labute approximate surface area is 282 Å². The van der Waals surface area contributed by atoms with Crippen LogP contribution in [0, 0.1) is 18.7 Å². The lowest BCUT2D eigenvalue weighted by atomic mass is 9.38. The van der Waals surface area contributed by atoms with Crippen molar-refractivity contribution in [2.24, 2.45) is 5.92 Å². The number of aryl methyl sites for hydroxylation is 1. The molecule has 0 spiro atoms. The van der Waals surface area contributed by atoms with E-state index < -0.39 is 10.7 Å². The van der Waals surface area contributed by atoms with E-state index in [2.05, 4.69) is 5.32 Å². The third-order valence-electron chi connectivity index (χ3n) is 9.24. The van der Waals surface area contributed by atoms with Gasteiger partial charge in [-0.05, 0) is 103 Å². The number of halogens is 1. The number of fused-ring (bicyclic) bond motifs is 1. The molecule has 1 aliphatic heterocycles. The summed E-state index contributed by atoms with van der Waals surface area (Å²) in [5.41, 5.74) is 2.98. The first-order valence-electron chi connectivity index (χ1n) is 16.3. The second-order valence-corrected chi connectivity index (χ2v) is 14.6. The van der Waals surface area contributed by atoms with Gasteiger partial charge >= 0.3 is 0 Å². The standard InChI is InChI=1S/C31H40B7FN4O4/c1-18-24(27(44)40-29(32,33)30(34,35)47-31(36,37)38)10-11-26-25(18)17-43(41-26)16-19-12-14-42(15-13-19)28(45)20-2-6-22(7-3-20)46-23-8-4-21(39)5-9-23/h2-11,17,19H,12-16,32-38H2,1H3,(H,40,44). The molecule has 0 saturated carbocycles. The average molecular weight is 627 g/mol. The van der Waals surface area contributed by atoms with Crippen molar-refractivity contribution in [3.8, 4) is 11.5 Å². The van der Waals surface area contributed by atoms with E-state index >= 15 is 0 Å². The van der Waals surface area contributed by atoms with E-state index in [9.17, 15) is 14.0 Å². The van der Waals surface area contributed by atoms with Gasteiger partial charge in [0.15, 0.2) is 0 Å². The molecule has 2 amide bonds. The zero-order valence-corrected chi connectivity index (χ0v) is 28.8. The summed E-state index contributed by atoms with van der Waals surface area (Å²) in [4.78, 5) is 28.6. The number of carbonyl (C=O) groups is 2. The highest BCUT2D eigenvalue weighted by atomic mass is 19.1. The minimum absolute atomic E-state index is 0.000394. The molecule has 0 aliphatic carbocycles. The molecule has 1 N–H and O–H groups in total. The number of nitrogens with one attached hydrogen (secondary N) is 1. The van der Waals surface area contributed by atoms with Gasteiger partial charge in [0.05, 0.1) is 5.52 Å². The van der Waals surface area contributed by atoms with Gasteiger partial charge in [-0.15, -0.1) is 0 Å².